The van der Waals surface area contributed by atoms with Crippen molar-refractivity contribution in [2.45, 2.75) is 20.0 Å². The minimum absolute atomic E-state index is 0.183. The molecule has 0 amide bonds. The van der Waals surface area contributed by atoms with E-state index in [1.165, 1.54) is 16.8 Å². The molecule has 0 spiro atoms. The van der Waals surface area contributed by atoms with Gasteiger partial charge in [-0.25, -0.2) is 0 Å². The lowest BCUT2D eigenvalue weighted by Gasteiger charge is -2.08. The van der Waals surface area contributed by atoms with Crippen LogP contribution in [0.2, 0.25) is 0 Å². The van der Waals surface area contributed by atoms with Crippen molar-refractivity contribution in [3.8, 4) is 17.0 Å². The first kappa shape index (κ1) is 22.3. The highest BCUT2D eigenvalue weighted by atomic mass is 32.1. The molecule has 10 heteroatoms. The number of alkyl halides is 3. The maximum absolute atomic E-state index is 12.8. The van der Waals surface area contributed by atoms with E-state index in [9.17, 15) is 18.3 Å². The van der Waals surface area contributed by atoms with Gasteiger partial charge in [-0.1, -0.05) is 29.8 Å². The van der Waals surface area contributed by atoms with Crippen LogP contribution in [-0.2, 0) is 13.2 Å². The number of nitrogens with one attached hydrogen (secondary N) is 2. The topological polar surface area (TPSA) is 74.5 Å². The van der Waals surface area contributed by atoms with Crippen LogP contribution in [0.4, 0.5) is 18.9 Å². The van der Waals surface area contributed by atoms with Crippen LogP contribution in [0.3, 0.4) is 0 Å². The summed E-state index contributed by atoms with van der Waals surface area (Å²) >= 11 is 5.21. The molecule has 3 aromatic rings. The molecule has 1 aromatic heterocycles. The largest absolute Gasteiger partial charge is 0.504 e. The Hall–Kier alpha value is -3.40. The number of anilines is 1. The standard InChI is InChI=1S/C21H20F3N5OS/c1-12-4-10-16(11-5-12)25-20(31)27-26-13(2)17-19(30)18(29(3)28-17)14-6-8-15(9-7-14)21(22,23)24/h4-11,30H,1-3H3,(H2,25,27,31)/b26-13+. The Bertz CT molecular complexity index is 1120. The van der Waals surface area contributed by atoms with E-state index in [0.717, 1.165) is 23.4 Å². The van der Waals surface area contributed by atoms with Crippen molar-refractivity contribution in [1.29, 1.82) is 0 Å². The van der Waals surface area contributed by atoms with Crippen molar-refractivity contribution in [1.82, 2.24) is 15.2 Å². The zero-order valence-electron chi connectivity index (χ0n) is 16.9. The Kier molecular flexibility index (Phi) is 6.30. The molecule has 0 atom stereocenters. The average molecular weight is 447 g/mol. The second-order valence-corrected chi connectivity index (χ2v) is 7.28. The number of hydrogen-bond acceptors (Lipinski definition) is 4. The highest BCUT2D eigenvalue weighted by molar-refractivity contribution is 7.80. The first-order valence-electron chi connectivity index (χ1n) is 9.18. The van der Waals surface area contributed by atoms with Gasteiger partial charge in [0, 0.05) is 18.3 Å². The molecule has 0 aliphatic heterocycles. The highest BCUT2D eigenvalue weighted by Gasteiger charge is 2.30. The minimum Gasteiger partial charge on any atom is -0.504 e. The summed E-state index contributed by atoms with van der Waals surface area (Å²) in [7, 11) is 1.58. The summed E-state index contributed by atoms with van der Waals surface area (Å²) in [6.45, 7) is 3.60. The molecule has 0 aliphatic carbocycles. The fourth-order valence-electron chi connectivity index (χ4n) is 2.88. The number of rotatable bonds is 4. The lowest BCUT2D eigenvalue weighted by molar-refractivity contribution is -0.137. The van der Waals surface area contributed by atoms with Crippen LogP contribution in [-0.4, -0.2) is 25.7 Å². The lowest BCUT2D eigenvalue weighted by atomic mass is 10.1. The van der Waals surface area contributed by atoms with E-state index in [2.05, 4.69) is 20.9 Å². The van der Waals surface area contributed by atoms with Gasteiger partial charge in [-0.3, -0.25) is 10.1 Å². The van der Waals surface area contributed by atoms with E-state index < -0.39 is 11.7 Å². The molecule has 0 saturated carbocycles. The van der Waals surface area contributed by atoms with E-state index in [0.29, 0.717) is 11.3 Å². The van der Waals surface area contributed by atoms with E-state index in [1.54, 1.807) is 14.0 Å². The lowest BCUT2D eigenvalue weighted by Crippen LogP contribution is -2.25. The fourth-order valence-corrected chi connectivity index (χ4v) is 3.04. The molecular formula is C21H20F3N5OS. The Morgan fingerprint density at radius 3 is 2.29 bits per heavy atom. The predicted octanol–water partition coefficient (Wildman–Crippen LogP) is 4.83. The monoisotopic (exact) mass is 447 g/mol. The number of aromatic hydroxyl groups is 1. The maximum atomic E-state index is 12.8. The number of hydrogen-bond donors (Lipinski definition) is 3. The molecule has 0 unspecified atom stereocenters. The van der Waals surface area contributed by atoms with Crippen LogP contribution < -0.4 is 10.7 Å². The number of thiocarbonyl (C=S) groups is 1. The van der Waals surface area contributed by atoms with Crippen molar-refractivity contribution in [2.75, 3.05) is 5.32 Å². The summed E-state index contributed by atoms with van der Waals surface area (Å²) in [4.78, 5) is 0. The van der Waals surface area contributed by atoms with Crippen molar-refractivity contribution < 1.29 is 18.3 Å². The highest BCUT2D eigenvalue weighted by Crippen LogP contribution is 2.35. The number of benzene rings is 2. The van der Waals surface area contributed by atoms with Gasteiger partial charge in [0.1, 0.15) is 5.69 Å². The first-order valence-corrected chi connectivity index (χ1v) is 9.59. The third-order valence-corrected chi connectivity index (χ3v) is 4.68. The fraction of sp³-hybridized carbons (Fsp3) is 0.190. The van der Waals surface area contributed by atoms with Crippen LogP contribution in [0, 0.1) is 6.92 Å². The Labute approximate surface area is 182 Å². The van der Waals surface area contributed by atoms with Gasteiger partial charge in [0.05, 0.1) is 11.3 Å². The van der Waals surface area contributed by atoms with Gasteiger partial charge < -0.3 is 10.4 Å². The molecule has 3 rings (SSSR count). The van der Waals surface area contributed by atoms with Gasteiger partial charge in [-0.15, -0.1) is 0 Å². The molecule has 0 saturated heterocycles. The van der Waals surface area contributed by atoms with Gasteiger partial charge >= 0.3 is 6.18 Å². The number of halogens is 3. The maximum Gasteiger partial charge on any atom is 0.416 e. The second-order valence-electron chi connectivity index (χ2n) is 6.87. The molecule has 0 radical (unpaired) electrons. The zero-order valence-corrected chi connectivity index (χ0v) is 17.8. The first-order chi connectivity index (χ1) is 14.6. The van der Waals surface area contributed by atoms with E-state index in [1.807, 2.05) is 31.2 Å². The minimum atomic E-state index is -4.43. The van der Waals surface area contributed by atoms with E-state index in [4.69, 9.17) is 12.2 Å². The van der Waals surface area contributed by atoms with Crippen LogP contribution in [0.15, 0.2) is 53.6 Å². The summed E-state index contributed by atoms with van der Waals surface area (Å²) in [5.41, 5.74) is 5.03. The Morgan fingerprint density at radius 2 is 1.71 bits per heavy atom. The summed E-state index contributed by atoms with van der Waals surface area (Å²) in [5.74, 6) is -0.192. The average Bonchev–Trinajstić information content (AvgIpc) is 3.01. The number of hydrazone groups is 1. The molecule has 6 nitrogen and oxygen atoms in total. The van der Waals surface area contributed by atoms with Gasteiger partial charge in [-0.05, 0) is 50.3 Å². The van der Waals surface area contributed by atoms with Crippen LogP contribution in [0.5, 0.6) is 5.75 Å². The summed E-state index contributed by atoms with van der Waals surface area (Å²) in [6, 6.07) is 12.1. The number of aromatic nitrogens is 2. The van der Waals surface area contributed by atoms with Crippen molar-refractivity contribution in [3.63, 3.8) is 0 Å². The van der Waals surface area contributed by atoms with Gasteiger partial charge in [0.2, 0.25) is 0 Å². The third kappa shape index (κ3) is 5.21. The molecule has 0 fully saturated rings. The smallest absolute Gasteiger partial charge is 0.416 e. The van der Waals surface area contributed by atoms with Crippen molar-refractivity contribution >= 4 is 28.7 Å². The Balaban J connectivity index is 1.77. The van der Waals surface area contributed by atoms with E-state index in [-0.39, 0.29) is 22.2 Å². The van der Waals surface area contributed by atoms with E-state index >= 15 is 0 Å². The molecule has 31 heavy (non-hydrogen) atoms. The SMILES string of the molecule is C/C(=N\NC(=S)Nc1ccc(C)cc1)c1nn(C)c(-c2ccc(C(F)(F)F)cc2)c1O. The molecular weight excluding hydrogens is 427 g/mol. The van der Waals surface area contributed by atoms with Gasteiger partial charge in [0.15, 0.2) is 16.6 Å². The van der Waals surface area contributed by atoms with Crippen LogP contribution in [0.25, 0.3) is 11.3 Å². The van der Waals surface area contributed by atoms with Gasteiger partial charge in [-0.2, -0.15) is 23.4 Å². The second kappa shape index (κ2) is 8.76. The summed E-state index contributed by atoms with van der Waals surface area (Å²) in [5, 5.41) is 22.2. The quantitative estimate of drug-likeness (QED) is 0.304. The predicted molar refractivity (Wildman–Crippen MR) is 118 cm³/mol. The normalized spacial score (nSPS) is 12.0. The number of nitrogens with zero attached hydrogens (tertiary/aromatic N) is 3. The Morgan fingerprint density at radius 1 is 1.10 bits per heavy atom. The van der Waals surface area contributed by atoms with Crippen LogP contribution >= 0.6 is 12.2 Å². The molecule has 3 N–H and O–H groups in total. The molecule has 162 valence electrons. The molecule has 0 bridgehead atoms. The van der Waals surface area contributed by atoms with Crippen molar-refractivity contribution in [3.05, 3.63) is 65.4 Å². The zero-order chi connectivity index (χ0) is 22.8. The molecule has 2 aromatic carbocycles. The third-order valence-electron chi connectivity index (χ3n) is 4.49. The van der Waals surface area contributed by atoms with Gasteiger partial charge in [0.25, 0.3) is 0 Å². The summed E-state index contributed by atoms with van der Waals surface area (Å²) < 4.78 is 39.8. The molecule has 0 aliphatic rings. The summed E-state index contributed by atoms with van der Waals surface area (Å²) in [6.07, 6.45) is -4.43. The van der Waals surface area contributed by atoms with Crippen LogP contribution in [0.1, 0.15) is 23.7 Å². The number of aryl methyl sites for hydroxylation is 2. The molecule has 1 heterocycles. The van der Waals surface area contributed by atoms with Crippen molar-refractivity contribution in [2.24, 2.45) is 12.1 Å².